The minimum absolute atomic E-state index is 0.184. The van der Waals surface area contributed by atoms with E-state index in [0.717, 1.165) is 0 Å². The minimum Gasteiger partial charge on any atom is -0.492 e. The van der Waals surface area contributed by atoms with Crippen molar-refractivity contribution >= 4 is 5.91 Å². The van der Waals surface area contributed by atoms with Crippen LogP contribution in [0.1, 0.15) is 10.4 Å². The van der Waals surface area contributed by atoms with Gasteiger partial charge in [-0.1, -0.05) is 0 Å². The van der Waals surface area contributed by atoms with Crippen molar-refractivity contribution in [2.24, 2.45) is 0 Å². The van der Waals surface area contributed by atoms with Crippen molar-refractivity contribution in [3.63, 3.8) is 0 Å². The summed E-state index contributed by atoms with van der Waals surface area (Å²) in [5.41, 5.74) is 0.516. The molecule has 0 atom stereocenters. The van der Waals surface area contributed by atoms with Gasteiger partial charge >= 0.3 is 0 Å². The van der Waals surface area contributed by atoms with Crippen molar-refractivity contribution in [1.82, 2.24) is 5.32 Å². The number of nitrogens with one attached hydrogen (secondary N) is 1. The van der Waals surface area contributed by atoms with Gasteiger partial charge in [-0.2, -0.15) is 0 Å². The Morgan fingerprint density at radius 1 is 0.917 bits per heavy atom. The summed E-state index contributed by atoms with van der Waals surface area (Å²) in [5, 5.41) is 2.80. The van der Waals surface area contributed by atoms with Crippen molar-refractivity contribution in [2.45, 2.75) is 0 Å². The molecule has 0 saturated heterocycles. The molecule has 0 aliphatic carbocycles. The lowest BCUT2D eigenvalue weighted by molar-refractivity contribution is 0.0946. The van der Waals surface area contributed by atoms with Crippen molar-refractivity contribution in [3.05, 3.63) is 42.0 Å². The molecule has 0 saturated carbocycles. The maximum atomic E-state index is 12.1. The van der Waals surface area contributed by atoms with Gasteiger partial charge < -0.3 is 29.0 Å². The van der Waals surface area contributed by atoms with E-state index in [2.05, 4.69) is 5.32 Å². The fourth-order valence-electron chi connectivity index (χ4n) is 2.44. The number of hydrogen-bond donors (Lipinski definition) is 1. The first kappa shape index (κ1) is 14.5. The van der Waals surface area contributed by atoms with Crippen molar-refractivity contribution in [3.8, 4) is 28.7 Å². The molecule has 7 nitrogen and oxygen atoms in total. The molecule has 2 aromatic carbocycles. The molecule has 2 aliphatic heterocycles. The molecule has 0 radical (unpaired) electrons. The Morgan fingerprint density at radius 3 is 2.38 bits per heavy atom. The lowest BCUT2D eigenvalue weighted by Gasteiger charge is -2.08. The predicted octanol–water partition coefficient (Wildman–Crippen LogP) is 1.95. The Morgan fingerprint density at radius 2 is 1.58 bits per heavy atom. The molecule has 0 spiro atoms. The van der Waals surface area contributed by atoms with Crippen LogP contribution in [0.25, 0.3) is 0 Å². The van der Waals surface area contributed by atoms with Gasteiger partial charge in [-0.05, 0) is 30.3 Å². The van der Waals surface area contributed by atoms with Crippen LogP contribution in [0.2, 0.25) is 0 Å². The number of benzene rings is 2. The van der Waals surface area contributed by atoms with Crippen LogP contribution in [0.3, 0.4) is 0 Å². The topological polar surface area (TPSA) is 75.3 Å². The normalized spacial score (nSPS) is 13.7. The van der Waals surface area contributed by atoms with Gasteiger partial charge in [0, 0.05) is 11.6 Å². The highest BCUT2D eigenvalue weighted by molar-refractivity contribution is 5.94. The smallest absolute Gasteiger partial charge is 0.251 e. The summed E-state index contributed by atoms with van der Waals surface area (Å²) in [6, 6.07) is 10.4. The van der Waals surface area contributed by atoms with E-state index in [0.29, 0.717) is 47.5 Å². The Kier molecular flexibility index (Phi) is 3.74. The Hall–Kier alpha value is -3.09. The SMILES string of the molecule is O=C(NCCOc1ccc2c(c1)OCO2)c1ccc2c(c1)OCO2. The van der Waals surface area contributed by atoms with Gasteiger partial charge in [0.25, 0.3) is 5.91 Å². The molecule has 0 bridgehead atoms. The standard InChI is InChI=1S/C17H15NO6/c19-17(11-1-3-13-15(7-11)23-9-21-13)18-5-6-20-12-2-4-14-16(8-12)24-10-22-14/h1-4,7-8H,5-6,9-10H2,(H,18,19). The van der Waals surface area contributed by atoms with Crippen molar-refractivity contribution in [1.29, 1.82) is 0 Å². The third-order valence-electron chi connectivity index (χ3n) is 3.64. The maximum Gasteiger partial charge on any atom is 0.251 e. The van der Waals surface area contributed by atoms with Crippen LogP contribution in [0.4, 0.5) is 0 Å². The second-order valence-corrected chi connectivity index (χ2v) is 5.19. The number of carbonyl (C=O) groups excluding carboxylic acids is 1. The Bertz CT molecular complexity index is 776. The lowest BCUT2D eigenvalue weighted by atomic mass is 10.2. The van der Waals surface area contributed by atoms with Crippen LogP contribution < -0.4 is 29.0 Å². The van der Waals surface area contributed by atoms with E-state index in [1.54, 1.807) is 36.4 Å². The lowest BCUT2D eigenvalue weighted by Crippen LogP contribution is -2.28. The Labute approximate surface area is 138 Å². The highest BCUT2D eigenvalue weighted by Gasteiger charge is 2.16. The highest BCUT2D eigenvalue weighted by atomic mass is 16.7. The number of fused-ring (bicyclic) bond motifs is 2. The molecular weight excluding hydrogens is 314 g/mol. The van der Waals surface area contributed by atoms with Crippen molar-refractivity contribution in [2.75, 3.05) is 26.7 Å². The maximum absolute atomic E-state index is 12.1. The zero-order valence-corrected chi connectivity index (χ0v) is 12.7. The van der Waals surface area contributed by atoms with Gasteiger partial charge in [-0.3, -0.25) is 4.79 Å². The minimum atomic E-state index is -0.192. The van der Waals surface area contributed by atoms with Crippen LogP contribution in [0.5, 0.6) is 28.7 Å². The first-order valence-electron chi connectivity index (χ1n) is 7.50. The van der Waals surface area contributed by atoms with Gasteiger partial charge in [0.15, 0.2) is 23.0 Å². The summed E-state index contributed by atoms with van der Waals surface area (Å²) >= 11 is 0. The monoisotopic (exact) mass is 329 g/mol. The molecule has 24 heavy (non-hydrogen) atoms. The summed E-state index contributed by atoms with van der Waals surface area (Å²) in [6.45, 7) is 1.13. The van der Waals surface area contributed by atoms with Crippen LogP contribution in [-0.2, 0) is 0 Å². The first-order chi connectivity index (χ1) is 11.8. The van der Waals surface area contributed by atoms with Crippen molar-refractivity contribution < 1.29 is 28.5 Å². The molecule has 124 valence electrons. The average Bonchev–Trinajstić information content (AvgIpc) is 3.25. The molecule has 0 unspecified atom stereocenters. The van der Waals surface area contributed by atoms with E-state index >= 15 is 0 Å². The molecule has 2 aromatic rings. The van der Waals surface area contributed by atoms with Crippen LogP contribution in [0, 0.1) is 0 Å². The fourth-order valence-corrected chi connectivity index (χ4v) is 2.44. The number of hydrogen-bond acceptors (Lipinski definition) is 6. The number of amides is 1. The van der Waals surface area contributed by atoms with Crippen LogP contribution in [-0.4, -0.2) is 32.6 Å². The van der Waals surface area contributed by atoms with Gasteiger partial charge in [-0.15, -0.1) is 0 Å². The van der Waals surface area contributed by atoms with Gasteiger partial charge in [0.05, 0.1) is 6.54 Å². The molecule has 2 aliphatic rings. The summed E-state index contributed by atoms with van der Waals surface area (Å²) < 4.78 is 26.6. The number of rotatable bonds is 5. The molecule has 4 rings (SSSR count). The molecule has 0 aromatic heterocycles. The third kappa shape index (κ3) is 2.88. The van der Waals surface area contributed by atoms with E-state index in [1.165, 1.54) is 0 Å². The number of ether oxygens (including phenoxy) is 5. The number of carbonyl (C=O) groups is 1. The first-order valence-corrected chi connectivity index (χ1v) is 7.50. The van der Waals surface area contributed by atoms with Gasteiger partial charge in [-0.25, -0.2) is 0 Å². The second-order valence-electron chi connectivity index (χ2n) is 5.19. The zero-order chi connectivity index (χ0) is 16.4. The van der Waals surface area contributed by atoms with E-state index in [4.69, 9.17) is 23.7 Å². The summed E-state index contributed by atoms with van der Waals surface area (Å²) in [5.74, 6) is 3.08. The summed E-state index contributed by atoms with van der Waals surface area (Å²) in [7, 11) is 0. The second kappa shape index (κ2) is 6.19. The fraction of sp³-hybridized carbons (Fsp3) is 0.235. The van der Waals surface area contributed by atoms with E-state index in [9.17, 15) is 4.79 Å². The highest BCUT2D eigenvalue weighted by Crippen LogP contribution is 2.35. The molecule has 2 heterocycles. The molecule has 1 N–H and O–H groups in total. The van der Waals surface area contributed by atoms with Crippen LogP contribution in [0.15, 0.2) is 36.4 Å². The third-order valence-corrected chi connectivity index (χ3v) is 3.64. The van der Waals surface area contributed by atoms with Gasteiger partial charge in [0.1, 0.15) is 12.4 Å². The molecular formula is C17H15NO6. The summed E-state index contributed by atoms with van der Waals surface area (Å²) in [6.07, 6.45) is 0. The largest absolute Gasteiger partial charge is 0.492 e. The molecule has 1 amide bonds. The molecule has 0 fully saturated rings. The quantitative estimate of drug-likeness (QED) is 0.845. The van der Waals surface area contributed by atoms with Crippen LogP contribution >= 0.6 is 0 Å². The summed E-state index contributed by atoms with van der Waals surface area (Å²) in [4.78, 5) is 12.1. The van der Waals surface area contributed by atoms with E-state index in [-0.39, 0.29) is 19.5 Å². The zero-order valence-electron chi connectivity index (χ0n) is 12.7. The molecule has 7 heteroatoms. The predicted molar refractivity (Wildman–Crippen MR) is 83.0 cm³/mol. The van der Waals surface area contributed by atoms with E-state index < -0.39 is 0 Å². The average molecular weight is 329 g/mol. The Balaban J connectivity index is 1.27. The van der Waals surface area contributed by atoms with Gasteiger partial charge in [0.2, 0.25) is 13.6 Å². The van der Waals surface area contributed by atoms with E-state index in [1.807, 2.05) is 0 Å².